The highest BCUT2D eigenvalue weighted by atomic mass is 16.5. The molecule has 0 aromatic heterocycles. The molecule has 1 aliphatic rings. The third-order valence-electron chi connectivity index (χ3n) is 5.45. The minimum Gasteiger partial charge on any atom is -0.385 e. The van der Waals surface area contributed by atoms with Crippen LogP contribution in [0.25, 0.3) is 0 Å². The van der Waals surface area contributed by atoms with Crippen LogP contribution in [-0.4, -0.2) is 45.2 Å². The number of ether oxygens (including phenoxy) is 1. The molecule has 1 atom stereocenters. The van der Waals surface area contributed by atoms with E-state index < -0.39 is 0 Å². The summed E-state index contributed by atoms with van der Waals surface area (Å²) in [5, 5.41) is 9.01. The largest absolute Gasteiger partial charge is 0.385 e. The lowest BCUT2D eigenvalue weighted by Gasteiger charge is -2.23. The number of carbonyl (C=O) groups is 2. The van der Waals surface area contributed by atoms with E-state index in [4.69, 9.17) is 4.74 Å². The Morgan fingerprint density at radius 2 is 1.81 bits per heavy atom. The van der Waals surface area contributed by atoms with Crippen molar-refractivity contribution in [3.63, 3.8) is 0 Å². The van der Waals surface area contributed by atoms with Gasteiger partial charge in [0.2, 0.25) is 11.8 Å². The quantitative estimate of drug-likeness (QED) is 0.483. The molecule has 2 aromatic carbocycles. The van der Waals surface area contributed by atoms with Crippen LogP contribution >= 0.6 is 0 Å². The Balaban J connectivity index is 1.49. The summed E-state index contributed by atoms with van der Waals surface area (Å²) in [6.45, 7) is 5.75. The van der Waals surface area contributed by atoms with Crippen molar-refractivity contribution in [3.05, 3.63) is 54.1 Å². The maximum Gasteiger partial charge on any atom is 0.225 e. The van der Waals surface area contributed by atoms with E-state index in [0.717, 1.165) is 43.1 Å². The Kier molecular flexibility index (Phi) is 8.29. The predicted molar refractivity (Wildman–Crippen MR) is 124 cm³/mol. The number of nitrogens with zero attached hydrogens (tertiary/aromatic N) is 1. The van der Waals surface area contributed by atoms with Gasteiger partial charge in [-0.15, -0.1) is 0 Å². The van der Waals surface area contributed by atoms with Gasteiger partial charge in [0.15, 0.2) is 0 Å². The highest BCUT2D eigenvalue weighted by molar-refractivity contribution is 5.89. The number of hydrogen-bond acceptors (Lipinski definition) is 5. The predicted octanol–water partition coefficient (Wildman–Crippen LogP) is 3.05. The standard InChI is InChI=1S/C24H32N4O3/c1-3-28(13-4-14-31-2)22-11-9-21(10-12-22)27-20-7-5-18(6-8-20)16-26-24(30)19-15-23(29)25-17-19/h5-12,19,27H,3-4,13-17H2,1-2H3,(H,25,29)(H,26,30). The van der Waals surface area contributed by atoms with Crippen molar-refractivity contribution in [1.82, 2.24) is 10.6 Å². The molecule has 3 N–H and O–H groups in total. The second-order valence-corrected chi connectivity index (χ2v) is 7.72. The van der Waals surface area contributed by atoms with E-state index in [1.807, 2.05) is 24.3 Å². The molecular weight excluding hydrogens is 392 g/mol. The topological polar surface area (TPSA) is 82.7 Å². The Labute approximate surface area is 184 Å². The molecule has 3 rings (SSSR count). The third-order valence-corrected chi connectivity index (χ3v) is 5.45. The van der Waals surface area contributed by atoms with E-state index >= 15 is 0 Å². The summed E-state index contributed by atoms with van der Waals surface area (Å²) in [5.74, 6) is -0.402. The molecular formula is C24H32N4O3. The fourth-order valence-electron chi connectivity index (χ4n) is 3.62. The Hall–Kier alpha value is -3.06. The van der Waals surface area contributed by atoms with Crippen molar-refractivity contribution in [1.29, 1.82) is 0 Å². The van der Waals surface area contributed by atoms with Crippen LogP contribution in [0.3, 0.4) is 0 Å². The average molecular weight is 425 g/mol. The van der Waals surface area contributed by atoms with Crippen molar-refractivity contribution < 1.29 is 14.3 Å². The smallest absolute Gasteiger partial charge is 0.225 e. The summed E-state index contributed by atoms with van der Waals surface area (Å²) in [7, 11) is 1.73. The Morgan fingerprint density at radius 1 is 1.13 bits per heavy atom. The van der Waals surface area contributed by atoms with Gasteiger partial charge in [0, 0.05) is 63.4 Å². The van der Waals surface area contributed by atoms with Gasteiger partial charge >= 0.3 is 0 Å². The van der Waals surface area contributed by atoms with E-state index in [9.17, 15) is 9.59 Å². The van der Waals surface area contributed by atoms with Gasteiger partial charge in [0.05, 0.1) is 5.92 Å². The summed E-state index contributed by atoms with van der Waals surface area (Å²) in [4.78, 5) is 25.7. The summed E-state index contributed by atoms with van der Waals surface area (Å²) in [6.07, 6.45) is 1.28. The van der Waals surface area contributed by atoms with Crippen LogP contribution in [0, 0.1) is 5.92 Å². The second-order valence-electron chi connectivity index (χ2n) is 7.72. The van der Waals surface area contributed by atoms with Gasteiger partial charge < -0.3 is 25.6 Å². The molecule has 2 amide bonds. The number of rotatable bonds is 11. The molecule has 1 fully saturated rings. The molecule has 31 heavy (non-hydrogen) atoms. The van der Waals surface area contributed by atoms with Crippen molar-refractivity contribution in [2.45, 2.75) is 26.3 Å². The Morgan fingerprint density at radius 3 is 2.39 bits per heavy atom. The zero-order valence-corrected chi connectivity index (χ0v) is 18.3. The first-order valence-electron chi connectivity index (χ1n) is 10.8. The van der Waals surface area contributed by atoms with E-state index in [0.29, 0.717) is 13.1 Å². The number of nitrogens with one attached hydrogen (secondary N) is 3. The van der Waals surface area contributed by atoms with Gasteiger partial charge in [-0.2, -0.15) is 0 Å². The second kappa shape index (κ2) is 11.4. The van der Waals surface area contributed by atoms with Crippen molar-refractivity contribution in [2.24, 2.45) is 5.92 Å². The van der Waals surface area contributed by atoms with Crippen molar-refractivity contribution >= 4 is 28.9 Å². The summed E-state index contributed by atoms with van der Waals surface area (Å²) < 4.78 is 5.15. The fraction of sp³-hybridized carbons (Fsp3) is 0.417. The van der Waals surface area contributed by atoms with Gasteiger partial charge in [0.1, 0.15) is 0 Å². The maximum atomic E-state index is 12.1. The zero-order chi connectivity index (χ0) is 22.1. The Bertz CT molecular complexity index is 852. The summed E-state index contributed by atoms with van der Waals surface area (Å²) in [6, 6.07) is 16.4. The molecule has 7 heteroatoms. The number of anilines is 3. The fourth-order valence-corrected chi connectivity index (χ4v) is 3.62. The molecule has 0 spiro atoms. The first-order chi connectivity index (χ1) is 15.1. The maximum absolute atomic E-state index is 12.1. The van der Waals surface area contributed by atoms with E-state index in [1.165, 1.54) is 5.69 Å². The molecule has 0 aliphatic carbocycles. The van der Waals surface area contributed by atoms with Crippen LogP contribution in [0.15, 0.2) is 48.5 Å². The molecule has 0 saturated carbocycles. The van der Waals surface area contributed by atoms with Gasteiger partial charge in [-0.25, -0.2) is 0 Å². The normalized spacial score (nSPS) is 15.4. The van der Waals surface area contributed by atoms with Crippen LogP contribution in [0.4, 0.5) is 17.1 Å². The number of hydrogen-bond donors (Lipinski definition) is 3. The highest BCUT2D eigenvalue weighted by Gasteiger charge is 2.27. The number of amides is 2. The average Bonchev–Trinajstić information content (AvgIpc) is 3.23. The molecule has 1 aliphatic heterocycles. The SMILES string of the molecule is CCN(CCCOC)c1ccc(Nc2ccc(CNC(=O)C3CNC(=O)C3)cc2)cc1. The van der Waals surface area contributed by atoms with Crippen LogP contribution in [-0.2, 0) is 20.9 Å². The molecule has 2 aromatic rings. The zero-order valence-electron chi connectivity index (χ0n) is 18.3. The lowest BCUT2D eigenvalue weighted by atomic mass is 10.1. The van der Waals surface area contributed by atoms with Gasteiger partial charge in [0.25, 0.3) is 0 Å². The molecule has 1 unspecified atom stereocenters. The van der Waals surface area contributed by atoms with Gasteiger partial charge in [-0.05, 0) is 55.3 Å². The first-order valence-corrected chi connectivity index (χ1v) is 10.8. The van der Waals surface area contributed by atoms with E-state index in [-0.39, 0.29) is 24.2 Å². The number of benzene rings is 2. The highest BCUT2D eigenvalue weighted by Crippen LogP contribution is 2.22. The molecule has 1 saturated heterocycles. The lowest BCUT2D eigenvalue weighted by molar-refractivity contribution is -0.126. The van der Waals surface area contributed by atoms with Crippen LogP contribution in [0.1, 0.15) is 25.3 Å². The van der Waals surface area contributed by atoms with Crippen LogP contribution < -0.4 is 20.9 Å². The minimum atomic E-state index is -0.264. The van der Waals surface area contributed by atoms with E-state index in [1.54, 1.807) is 7.11 Å². The summed E-state index contributed by atoms with van der Waals surface area (Å²) >= 11 is 0. The number of carbonyl (C=O) groups excluding carboxylic acids is 2. The monoisotopic (exact) mass is 424 g/mol. The third kappa shape index (κ3) is 6.72. The van der Waals surface area contributed by atoms with Crippen LogP contribution in [0.5, 0.6) is 0 Å². The van der Waals surface area contributed by atoms with Crippen LogP contribution in [0.2, 0.25) is 0 Å². The summed E-state index contributed by atoms with van der Waals surface area (Å²) in [5.41, 5.74) is 4.23. The van der Waals surface area contributed by atoms with Gasteiger partial charge in [-0.3, -0.25) is 9.59 Å². The molecule has 0 bridgehead atoms. The minimum absolute atomic E-state index is 0.0582. The van der Waals surface area contributed by atoms with Crippen molar-refractivity contribution in [3.8, 4) is 0 Å². The van der Waals surface area contributed by atoms with Crippen molar-refractivity contribution in [2.75, 3.05) is 43.6 Å². The molecule has 7 nitrogen and oxygen atoms in total. The van der Waals surface area contributed by atoms with E-state index in [2.05, 4.69) is 52.0 Å². The molecule has 1 heterocycles. The van der Waals surface area contributed by atoms with Gasteiger partial charge in [-0.1, -0.05) is 12.1 Å². The molecule has 166 valence electrons. The first kappa shape index (κ1) is 22.6. The molecule has 0 radical (unpaired) electrons. The number of methoxy groups -OCH3 is 1. The lowest BCUT2D eigenvalue weighted by Crippen LogP contribution is -2.31.